The van der Waals surface area contributed by atoms with Crippen LogP contribution in [-0.2, 0) is 0 Å². The standard InChI is InChI=1S/C13H17F2N/c1-7-4-12(15)10(6-11(7)14)9(3)16-13-5-8(13)2/h4,6,8-9,13,16H,5H2,1-3H3. The lowest BCUT2D eigenvalue weighted by Gasteiger charge is -2.15. The van der Waals surface area contributed by atoms with Crippen molar-refractivity contribution in [2.75, 3.05) is 0 Å². The molecular weight excluding hydrogens is 208 g/mol. The Morgan fingerprint density at radius 3 is 2.50 bits per heavy atom. The van der Waals surface area contributed by atoms with Crippen molar-refractivity contribution in [2.45, 2.75) is 39.3 Å². The molecule has 0 aromatic heterocycles. The second-order valence-electron chi connectivity index (χ2n) is 4.83. The monoisotopic (exact) mass is 225 g/mol. The van der Waals surface area contributed by atoms with E-state index in [9.17, 15) is 8.78 Å². The molecule has 3 heteroatoms. The zero-order valence-corrected chi connectivity index (χ0v) is 9.85. The van der Waals surface area contributed by atoms with E-state index in [2.05, 4.69) is 12.2 Å². The van der Waals surface area contributed by atoms with Crippen molar-refractivity contribution in [3.05, 3.63) is 34.9 Å². The van der Waals surface area contributed by atoms with Gasteiger partial charge in [-0.1, -0.05) is 6.92 Å². The van der Waals surface area contributed by atoms with Crippen LogP contribution in [-0.4, -0.2) is 6.04 Å². The molecule has 2 rings (SSSR count). The molecule has 0 radical (unpaired) electrons. The Bertz CT molecular complexity index is 403. The Kier molecular flexibility index (Phi) is 2.98. The molecule has 0 bridgehead atoms. The van der Waals surface area contributed by atoms with Gasteiger partial charge in [0.05, 0.1) is 0 Å². The van der Waals surface area contributed by atoms with Crippen molar-refractivity contribution in [1.82, 2.24) is 5.32 Å². The molecule has 0 spiro atoms. The SMILES string of the molecule is Cc1cc(F)c(C(C)NC2CC2C)cc1F. The molecule has 1 aromatic rings. The van der Waals surface area contributed by atoms with Gasteiger partial charge in [-0.2, -0.15) is 0 Å². The van der Waals surface area contributed by atoms with Crippen molar-refractivity contribution in [3.8, 4) is 0 Å². The summed E-state index contributed by atoms with van der Waals surface area (Å²) < 4.78 is 27.0. The van der Waals surface area contributed by atoms with E-state index in [1.165, 1.54) is 12.1 Å². The average molecular weight is 225 g/mol. The van der Waals surface area contributed by atoms with Gasteiger partial charge in [0.2, 0.25) is 0 Å². The highest BCUT2D eigenvalue weighted by atomic mass is 19.1. The summed E-state index contributed by atoms with van der Waals surface area (Å²) in [4.78, 5) is 0. The molecule has 0 amide bonds. The van der Waals surface area contributed by atoms with Gasteiger partial charge in [0, 0.05) is 17.6 Å². The third-order valence-electron chi connectivity index (χ3n) is 3.32. The zero-order valence-electron chi connectivity index (χ0n) is 9.85. The number of rotatable bonds is 3. The molecular formula is C13H17F2N. The highest BCUT2D eigenvalue weighted by molar-refractivity contribution is 5.27. The molecule has 0 saturated heterocycles. The number of aryl methyl sites for hydroxylation is 1. The zero-order chi connectivity index (χ0) is 11.9. The lowest BCUT2D eigenvalue weighted by molar-refractivity contribution is 0.506. The second kappa shape index (κ2) is 4.13. The quantitative estimate of drug-likeness (QED) is 0.832. The molecule has 88 valence electrons. The van der Waals surface area contributed by atoms with Gasteiger partial charge < -0.3 is 5.32 Å². The molecule has 0 aliphatic heterocycles. The van der Waals surface area contributed by atoms with Crippen LogP contribution in [0.25, 0.3) is 0 Å². The van der Waals surface area contributed by atoms with Gasteiger partial charge in [-0.25, -0.2) is 8.78 Å². The van der Waals surface area contributed by atoms with Gasteiger partial charge >= 0.3 is 0 Å². The summed E-state index contributed by atoms with van der Waals surface area (Å²) in [7, 11) is 0. The fourth-order valence-corrected chi connectivity index (χ4v) is 1.96. The Balaban J connectivity index is 2.15. The summed E-state index contributed by atoms with van der Waals surface area (Å²) in [6.45, 7) is 5.60. The van der Waals surface area contributed by atoms with E-state index in [1.54, 1.807) is 6.92 Å². The predicted octanol–water partition coefficient (Wildman–Crippen LogP) is 3.33. The van der Waals surface area contributed by atoms with E-state index in [0.717, 1.165) is 6.42 Å². The van der Waals surface area contributed by atoms with Crippen LogP contribution in [0, 0.1) is 24.5 Å². The first-order chi connectivity index (χ1) is 7.49. The molecule has 1 aromatic carbocycles. The molecule has 1 saturated carbocycles. The van der Waals surface area contributed by atoms with Crippen LogP contribution < -0.4 is 5.32 Å². The largest absolute Gasteiger partial charge is 0.307 e. The van der Waals surface area contributed by atoms with Gasteiger partial charge in [0.1, 0.15) is 11.6 Å². The molecule has 1 aliphatic rings. The van der Waals surface area contributed by atoms with Gasteiger partial charge in [-0.3, -0.25) is 0 Å². The first-order valence-corrected chi connectivity index (χ1v) is 5.70. The van der Waals surface area contributed by atoms with Gasteiger partial charge in [-0.05, 0) is 43.9 Å². The van der Waals surface area contributed by atoms with Crippen molar-refractivity contribution in [3.63, 3.8) is 0 Å². The van der Waals surface area contributed by atoms with E-state index < -0.39 is 0 Å². The molecule has 1 nitrogen and oxygen atoms in total. The van der Waals surface area contributed by atoms with Crippen molar-refractivity contribution < 1.29 is 8.78 Å². The molecule has 1 aliphatic carbocycles. The smallest absolute Gasteiger partial charge is 0.128 e. The van der Waals surface area contributed by atoms with Gasteiger partial charge in [0.15, 0.2) is 0 Å². The summed E-state index contributed by atoms with van der Waals surface area (Å²) in [5.41, 5.74) is 0.774. The highest BCUT2D eigenvalue weighted by Gasteiger charge is 2.33. The second-order valence-corrected chi connectivity index (χ2v) is 4.83. The maximum absolute atomic E-state index is 13.6. The number of nitrogens with one attached hydrogen (secondary N) is 1. The maximum Gasteiger partial charge on any atom is 0.128 e. The van der Waals surface area contributed by atoms with E-state index in [4.69, 9.17) is 0 Å². The third kappa shape index (κ3) is 2.24. The molecule has 0 heterocycles. The number of hydrogen-bond acceptors (Lipinski definition) is 1. The van der Waals surface area contributed by atoms with E-state index in [1.807, 2.05) is 6.92 Å². The third-order valence-corrected chi connectivity index (χ3v) is 3.32. The summed E-state index contributed by atoms with van der Waals surface area (Å²) in [6.07, 6.45) is 1.13. The van der Waals surface area contributed by atoms with Gasteiger partial charge in [-0.15, -0.1) is 0 Å². The van der Waals surface area contributed by atoms with Crippen LogP contribution >= 0.6 is 0 Å². The van der Waals surface area contributed by atoms with Crippen molar-refractivity contribution in [2.24, 2.45) is 5.92 Å². The molecule has 1 N–H and O–H groups in total. The summed E-state index contributed by atoms with van der Waals surface area (Å²) in [5.74, 6) is -0.0121. The topological polar surface area (TPSA) is 12.0 Å². The Morgan fingerprint density at radius 2 is 1.94 bits per heavy atom. The molecule has 3 unspecified atom stereocenters. The molecule has 1 fully saturated rings. The molecule has 16 heavy (non-hydrogen) atoms. The van der Waals surface area contributed by atoms with Crippen LogP contribution in [0.4, 0.5) is 8.78 Å². The average Bonchev–Trinajstić information content (AvgIpc) is 2.87. The minimum atomic E-state index is -0.339. The first-order valence-electron chi connectivity index (χ1n) is 5.70. The van der Waals surface area contributed by atoms with Crippen LogP contribution in [0.3, 0.4) is 0 Å². The fraction of sp³-hybridized carbons (Fsp3) is 0.538. The Morgan fingerprint density at radius 1 is 1.31 bits per heavy atom. The van der Waals surface area contributed by atoms with E-state index in [-0.39, 0.29) is 17.7 Å². The highest BCUT2D eigenvalue weighted by Crippen LogP contribution is 2.32. The van der Waals surface area contributed by atoms with E-state index >= 15 is 0 Å². The number of benzene rings is 1. The Labute approximate surface area is 94.9 Å². The lowest BCUT2D eigenvalue weighted by atomic mass is 10.0. The van der Waals surface area contributed by atoms with Crippen LogP contribution in [0.5, 0.6) is 0 Å². The van der Waals surface area contributed by atoms with Crippen LogP contribution in [0.15, 0.2) is 12.1 Å². The van der Waals surface area contributed by atoms with Crippen LogP contribution in [0.1, 0.15) is 37.4 Å². The number of hydrogen-bond donors (Lipinski definition) is 1. The lowest BCUT2D eigenvalue weighted by Crippen LogP contribution is -2.23. The maximum atomic E-state index is 13.6. The summed E-state index contributed by atoms with van der Waals surface area (Å²) in [5, 5.41) is 3.30. The predicted molar refractivity (Wildman–Crippen MR) is 60.2 cm³/mol. The molecule has 3 atom stereocenters. The summed E-state index contributed by atoms with van der Waals surface area (Å²) >= 11 is 0. The van der Waals surface area contributed by atoms with Crippen molar-refractivity contribution in [1.29, 1.82) is 0 Å². The van der Waals surface area contributed by atoms with Gasteiger partial charge in [0.25, 0.3) is 0 Å². The summed E-state index contributed by atoms with van der Waals surface area (Å²) in [6, 6.07) is 2.89. The first kappa shape index (κ1) is 11.5. The Hall–Kier alpha value is -0.960. The number of halogens is 2. The van der Waals surface area contributed by atoms with Crippen molar-refractivity contribution >= 4 is 0 Å². The van der Waals surface area contributed by atoms with E-state index in [0.29, 0.717) is 23.1 Å². The fourth-order valence-electron chi connectivity index (χ4n) is 1.96. The normalized spacial score (nSPS) is 25.6. The minimum absolute atomic E-state index is 0.134. The van der Waals surface area contributed by atoms with Crippen LogP contribution in [0.2, 0.25) is 0 Å². The minimum Gasteiger partial charge on any atom is -0.307 e.